The Bertz CT molecular complexity index is 1370. The molecular formula is C46H76O12S. The number of carbonyl (C=O) groups excluding carboxylic acids is 2. The van der Waals surface area contributed by atoms with Gasteiger partial charge in [0.2, 0.25) is 0 Å². The van der Waals surface area contributed by atoms with E-state index >= 15 is 0 Å². The fourth-order valence-corrected chi connectivity index (χ4v) is 6.80. The first kappa shape index (κ1) is 54.1. The van der Waals surface area contributed by atoms with Crippen molar-refractivity contribution in [3.8, 4) is 0 Å². The summed E-state index contributed by atoms with van der Waals surface area (Å²) in [6.07, 6.45) is 35.2. The monoisotopic (exact) mass is 853 g/mol. The third-order valence-electron chi connectivity index (χ3n) is 9.52. The third kappa shape index (κ3) is 30.7. The molecule has 6 unspecified atom stereocenters. The van der Waals surface area contributed by atoms with E-state index < -0.39 is 71.2 Å². The highest BCUT2D eigenvalue weighted by Crippen LogP contribution is 2.24. The van der Waals surface area contributed by atoms with Crippen molar-refractivity contribution >= 4 is 22.1 Å². The van der Waals surface area contributed by atoms with E-state index in [1.54, 1.807) is 0 Å². The average molecular weight is 853 g/mol. The SMILES string of the molecule is CC/C=C\C/C=C\C/C=C\C/C=C\CCCCC(=O)OC(COC(=O)CCCCCCC/C=C\C/C=C\CCCCCC)COC1OC(CS(=O)(=O)O)C(O)C(O)C1O. The summed E-state index contributed by atoms with van der Waals surface area (Å²) in [5.41, 5.74) is 0. The molecule has 0 saturated carbocycles. The van der Waals surface area contributed by atoms with Crippen LogP contribution < -0.4 is 0 Å². The topological polar surface area (TPSA) is 186 Å². The van der Waals surface area contributed by atoms with Gasteiger partial charge in [0.25, 0.3) is 10.1 Å². The Balaban J connectivity index is 2.51. The maximum absolute atomic E-state index is 12.8. The molecule has 1 saturated heterocycles. The Morgan fingerprint density at radius 2 is 1.07 bits per heavy atom. The van der Waals surface area contributed by atoms with Gasteiger partial charge in [-0.1, -0.05) is 125 Å². The average Bonchev–Trinajstić information content (AvgIpc) is 3.20. The van der Waals surface area contributed by atoms with Gasteiger partial charge in [-0.2, -0.15) is 8.42 Å². The summed E-state index contributed by atoms with van der Waals surface area (Å²) in [4.78, 5) is 25.4. The molecule has 59 heavy (non-hydrogen) atoms. The van der Waals surface area contributed by atoms with Gasteiger partial charge in [0.1, 0.15) is 36.8 Å². The number of aliphatic hydroxyl groups is 3. The number of carbonyl (C=O) groups is 2. The molecule has 1 heterocycles. The van der Waals surface area contributed by atoms with Crippen molar-refractivity contribution in [3.05, 3.63) is 72.9 Å². The second-order valence-electron chi connectivity index (χ2n) is 15.0. The van der Waals surface area contributed by atoms with Gasteiger partial charge in [0, 0.05) is 12.8 Å². The van der Waals surface area contributed by atoms with E-state index in [-0.39, 0.29) is 19.4 Å². The molecule has 13 heteroatoms. The zero-order chi connectivity index (χ0) is 43.4. The smallest absolute Gasteiger partial charge is 0.306 e. The number of hydrogen-bond donors (Lipinski definition) is 4. The molecule has 1 aliphatic heterocycles. The Morgan fingerprint density at radius 3 is 1.63 bits per heavy atom. The fourth-order valence-electron chi connectivity index (χ4n) is 6.11. The molecule has 0 radical (unpaired) electrons. The Hall–Kier alpha value is -2.91. The number of allylic oxidation sites excluding steroid dienone is 12. The number of rotatable bonds is 35. The molecule has 0 aromatic carbocycles. The normalized spacial score (nSPS) is 20.9. The van der Waals surface area contributed by atoms with Crippen LogP contribution in [0.25, 0.3) is 0 Å². The molecule has 0 spiro atoms. The second-order valence-corrected chi connectivity index (χ2v) is 16.5. The summed E-state index contributed by atoms with van der Waals surface area (Å²) in [5.74, 6) is -2.07. The molecule has 1 rings (SSSR count). The lowest BCUT2D eigenvalue weighted by atomic mass is 10.00. The van der Waals surface area contributed by atoms with E-state index in [4.69, 9.17) is 18.9 Å². The number of ether oxygens (including phenoxy) is 4. The van der Waals surface area contributed by atoms with Gasteiger partial charge in [-0.25, -0.2) is 0 Å². The molecule has 338 valence electrons. The molecule has 1 aliphatic rings. The quantitative estimate of drug-likeness (QED) is 0.0206. The minimum absolute atomic E-state index is 0.105. The molecular weight excluding hydrogens is 777 g/mol. The van der Waals surface area contributed by atoms with Crippen LogP contribution in [-0.2, 0) is 38.7 Å². The number of aliphatic hydroxyl groups excluding tert-OH is 3. The van der Waals surface area contributed by atoms with Crippen LogP contribution >= 0.6 is 0 Å². The van der Waals surface area contributed by atoms with Crippen molar-refractivity contribution in [2.24, 2.45) is 0 Å². The van der Waals surface area contributed by atoms with Crippen LogP contribution in [0.15, 0.2) is 72.9 Å². The molecule has 0 amide bonds. The predicted molar refractivity (Wildman–Crippen MR) is 233 cm³/mol. The molecule has 12 nitrogen and oxygen atoms in total. The number of hydrogen-bond acceptors (Lipinski definition) is 11. The molecule has 6 atom stereocenters. The van der Waals surface area contributed by atoms with Crippen molar-refractivity contribution in [1.29, 1.82) is 0 Å². The molecule has 1 fully saturated rings. The van der Waals surface area contributed by atoms with E-state index in [1.807, 2.05) is 0 Å². The summed E-state index contributed by atoms with van der Waals surface area (Å²) >= 11 is 0. The highest BCUT2D eigenvalue weighted by Gasteiger charge is 2.46. The van der Waals surface area contributed by atoms with Crippen LogP contribution in [0, 0.1) is 0 Å². The van der Waals surface area contributed by atoms with E-state index in [0.717, 1.165) is 83.5 Å². The van der Waals surface area contributed by atoms with Crippen molar-refractivity contribution < 1.29 is 56.8 Å². The summed E-state index contributed by atoms with van der Waals surface area (Å²) in [7, 11) is -4.61. The lowest BCUT2D eigenvalue weighted by Gasteiger charge is -2.40. The molecule has 4 N–H and O–H groups in total. The van der Waals surface area contributed by atoms with E-state index in [0.29, 0.717) is 12.8 Å². The first-order valence-electron chi connectivity index (χ1n) is 22.0. The van der Waals surface area contributed by atoms with Gasteiger partial charge >= 0.3 is 11.9 Å². The van der Waals surface area contributed by atoms with E-state index in [9.17, 15) is 37.9 Å². The summed E-state index contributed by atoms with van der Waals surface area (Å²) in [6, 6.07) is 0. The molecule has 0 aliphatic carbocycles. The third-order valence-corrected chi connectivity index (χ3v) is 10.3. The lowest BCUT2D eigenvalue weighted by Crippen LogP contribution is -2.60. The maximum Gasteiger partial charge on any atom is 0.306 e. The molecule has 0 aromatic heterocycles. The zero-order valence-electron chi connectivity index (χ0n) is 35.8. The molecule has 0 bridgehead atoms. The zero-order valence-corrected chi connectivity index (χ0v) is 36.6. The minimum atomic E-state index is -4.61. The predicted octanol–water partition coefficient (Wildman–Crippen LogP) is 8.72. The first-order chi connectivity index (χ1) is 28.5. The Morgan fingerprint density at radius 1 is 0.593 bits per heavy atom. The van der Waals surface area contributed by atoms with Crippen molar-refractivity contribution in [3.63, 3.8) is 0 Å². The largest absolute Gasteiger partial charge is 0.462 e. The lowest BCUT2D eigenvalue weighted by molar-refractivity contribution is -0.297. The summed E-state index contributed by atoms with van der Waals surface area (Å²) < 4.78 is 54.0. The second kappa shape index (κ2) is 35.8. The van der Waals surface area contributed by atoms with Crippen molar-refractivity contribution in [2.45, 2.75) is 185 Å². The summed E-state index contributed by atoms with van der Waals surface area (Å²) in [5, 5.41) is 30.8. The highest BCUT2D eigenvalue weighted by molar-refractivity contribution is 7.85. The fraction of sp³-hybridized carbons (Fsp3) is 0.696. The van der Waals surface area contributed by atoms with Gasteiger partial charge in [-0.05, 0) is 83.5 Å². The van der Waals surface area contributed by atoms with Gasteiger partial charge in [0.05, 0.1) is 6.61 Å². The van der Waals surface area contributed by atoms with Crippen LogP contribution in [0.5, 0.6) is 0 Å². The van der Waals surface area contributed by atoms with E-state index in [1.165, 1.54) is 25.7 Å². The number of unbranched alkanes of at least 4 members (excludes halogenated alkanes) is 11. The Labute approximate surface area is 355 Å². The van der Waals surface area contributed by atoms with Crippen LogP contribution in [-0.4, -0.2) is 96.0 Å². The summed E-state index contributed by atoms with van der Waals surface area (Å²) in [6.45, 7) is 3.56. The van der Waals surface area contributed by atoms with Crippen LogP contribution in [0.3, 0.4) is 0 Å². The van der Waals surface area contributed by atoms with Crippen LogP contribution in [0.2, 0.25) is 0 Å². The van der Waals surface area contributed by atoms with Crippen LogP contribution in [0.1, 0.15) is 149 Å². The van der Waals surface area contributed by atoms with E-state index in [2.05, 4.69) is 86.8 Å². The first-order valence-corrected chi connectivity index (χ1v) is 23.6. The van der Waals surface area contributed by atoms with Crippen molar-refractivity contribution in [1.82, 2.24) is 0 Å². The van der Waals surface area contributed by atoms with Crippen molar-refractivity contribution in [2.75, 3.05) is 19.0 Å². The highest BCUT2D eigenvalue weighted by atomic mass is 32.2. The maximum atomic E-state index is 12.8. The van der Waals surface area contributed by atoms with Gasteiger partial charge in [-0.3, -0.25) is 14.1 Å². The van der Waals surface area contributed by atoms with Gasteiger partial charge < -0.3 is 34.3 Å². The van der Waals surface area contributed by atoms with Gasteiger partial charge in [-0.15, -0.1) is 0 Å². The molecule has 0 aromatic rings. The van der Waals surface area contributed by atoms with Gasteiger partial charge in [0.15, 0.2) is 12.4 Å². The minimum Gasteiger partial charge on any atom is -0.462 e. The Kier molecular flexibility index (Phi) is 32.8. The standard InChI is InChI=1S/C46H76O12S/c1-3-5-7-9-11-13-15-17-19-21-22-24-26-28-30-32-34-41(47)55-36-39(37-56-46-45(51)44(50)43(49)40(58-46)38-59(52,53)54)57-42(48)35-33-31-29-27-25-23-20-18-16-14-12-10-8-6-4-2/h6,8,12-15,18-21,25,27,39-40,43-46,49-51H,3-5,7,9-11,16-17,22-24,26,28-38H2,1-2H3,(H,52,53,54)/b8-6-,14-12-,15-13-,20-18-,21-19-,27-25-. The number of esters is 2. The van der Waals surface area contributed by atoms with Crippen LogP contribution in [0.4, 0.5) is 0 Å².